The summed E-state index contributed by atoms with van der Waals surface area (Å²) in [6, 6.07) is 16.4. The van der Waals surface area contributed by atoms with E-state index in [0.29, 0.717) is 6.42 Å². The average Bonchev–Trinajstić information content (AvgIpc) is 2.50. The van der Waals surface area contributed by atoms with Crippen LogP contribution in [0.15, 0.2) is 48.5 Å². The second-order valence-corrected chi connectivity index (χ2v) is 5.84. The molecule has 116 valence electrons. The minimum absolute atomic E-state index is 0.0635. The van der Waals surface area contributed by atoms with Gasteiger partial charge in [0.1, 0.15) is 0 Å². The smallest absolute Gasteiger partial charge is 0.225 e. The third kappa shape index (κ3) is 5.01. The van der Waals surface area contributed by atoms with E-state index in [1.165, 1.54) is 5.56 Å². The number of benzene rings is 2. The molecule has 0 aromatic heterocycles. The molecule has 2 aromatic carbocycles. The Hall–Kier alpha value is -2.13. The number of amides is 1. The monoisotopic (exact) mass is 296 g/mol. The van der Waals surface area contributed by atoms with E-state index in [0.717, 1.165) is 29.9 Å². The first-order chi connectivity index (χ1) is 10.5. The van der Waals surface area contributed by atoms with Crippen molar-refractivity contribution < 1.29 is 4.79 Å². The number of aryl methyl sites for hydroxylation is 2. The third-order valence-electron chi connectivity index (χ3n) is 3.68. The number of nitrogens with zero attached hydrogens (tertiary/aromatic N) is 1. The molecular weight excluding hydrogens is 272 g/mol. The number of hydrogen-bond acceptors (Lipinski definition) is 2. The van der Waals surface area contributed by atoms with Crippen LogP contribution in [0, 0.1) is 13.8 Å². The van der Waals surface area contributed by atoms with E-state index >= 15 is 0 Å². The first kappa shape index (κ1) is 16.2. The standard InChI is InChI=1S/C19H24N2O/c1-15-9-10-16(2)18(13-15)20-19(22)11-12-21(3)14-17-7-5-4-6-8-17/h4-10,13H,11-12,14H2,1-3H3,(H,20,22). The molecule has 0 aliphatic heterocycles. The number of anilines is 1. The zero-order chi connectivity index (χ0) is 15.9. The van der Waals surface area contributed by atoms with Gasteiger partial charge in [0, 0.05) is 25.2 Å². The number of hydrogen-bond donors (Lipinski definition) is 1. The van der Waals surface area contributed by atoms with Gasteiger partial charge in [-0.1, -0.05) is 42.5 Å². The van der Waals surface area contributed by atoms with E-state index in [9.17, 15) is 4.79 Å². The van der Waals surface area contributed by atoms with Gasteiger partial charge in [0.2, 0.25) is 5.91 Å². The molecule has 0 fully saturated rings. The summed E-state index contributed by atoms with van der Waals surface area (Å²) in [5, 5.41) is 3.00. The molecule has 3 heteroatoms. The van der Waals surface area contributed by atoms with E-state index < -0.39 is 0 Å². The minimum Gasteiger partial charge on any atom is -0.326 e. The molecule has 0 saturated heterocycles. The molecule has 0 atom stereocenters. The number of carbonyl (C=O) groups is 1. The molecule has 22 heavy (non-hydrogen) atoms. The summed E-state index contributed by atoms with van der Waals surface area (Å²) < 4.78 is 0. The lowest BCUT2D eigenvalue weighted by atomic mass is 10.1. The SMILES string of the molecule is Cc1ccc(C)c(NC(=O)CCN(C)Cc2ccccc2)c1. The van der Waals surface area contributed by atoms with Crippen molar-refractivity contribution in [1.29, 1.82) is 0 Å². The Balaban J connectivity index is 1.81. The van der Waals surface area contributed by atoms with Crippen molar-refractivity contribution in [3.05, 3.63) is 65.2 Å². The van der Waals surface area contributed by atoms with Gasteiger partial charge in [0.05, 0.1) is 0 Å². The molecule has 0 heterocycles. The fourth-order valence-corrected chi connectivity index (χ4v) is 2.35. The number of rotatable bonds is 6. The zero-order valence-electron chi connectivity index (χ0n) is 13.6. The van der Waals surface area contributed by atoms with Crippen LogP contribution in [-0.4, -0.2) is 24.4 Å². The van der Waals surface area contributed by atoms with Crippen molar-refractivity contribution in [1.82, 2.24) is 4.90 Å². The van der Waals surface area contributed by atoms with Crippen molar-refractivity contribution in [2.75, 3.05) is 18.9 Å². The molecule has 0 aliphatic rings. The van der Waals surface area contributed by atoms with E-state index in [-0.39, 0.29) is 5.91 Å². The first-order valence-electron chi connectivity index (χ1n) is 7.64. The van der Waals surface area contributed by atoms with Crippen molar-refractivity contribution in [3.63, 3.8) is 0 Å². The minimum atomic E-state index is 0.0635. The van der Waals surface area contributed by atoms with Gasteiger partial charge < -0.3 is 10.2 Å². The molecular formula is C19H24N2O. The molecule has 0 bridgehead atoms. The Morgan fingerprint density at radius 1 is 1.09 bits per heavy atom. The summed E-state index contributed by atoms with van der Waals surface area (Å²) in [7, 11) is 2.04. The Bertz CT molecular complexity index is 623. The summed E-state index contributed by atoms with van der Waals surface area (Å²) in [4.78, 5) is 14.3. The third-order valence-corrected chi connectivity index (χ3v) is 3.68. The Labute approximate surface area is 133 Å². The quantitative estimate of drug-likeness (QED) is 0.880. The van der Waals surface area contributed by atoms with Crippen molar-refractivity contribution in [2.45, 2.75) is 26.8 Å². The Morgan fingerprint density at radius 3 is 2.55 bits per heavy atom. The van der Waals surface area contributed by atoms with Crippen LogP contribution in [0.2, 0.25) is 0 Å². The van der Waals surface area contributed by atoms with Crippen LogP contribution in [0.25, 0.3) is 0 Å². The van der Waals surface area contributed by atoms with E-state index in [4.69, 9.17) is 0 Å². The maximum absolute atomic E-state index is 12.1. The highest BCUT2D eigenvalue weighted by molar-refractivity contribution is 5.91. The maximum Gasteiger partial charge on any atom is 0.225 e. The van der Waals surface area contributed by atoms with Crippen LogP contribution in [0.5, 0.6) is 0 Å². The summed E-state index contributed by atoms with van der Waals surface area (Å²) >= 11 is 0. The highest BCUT2D eigenvalue weighted by atomic mass is 16.1. The first-order valence-corrected chi connectivity index (χ1v) is 7.64. The topological polar surface area (TPSA) is 32.3 Å². The highest BCUT2D eigenvalue weighted by Crippen LogP contribution is 2.16. The molecule has 1 N–H and O–H groups in total. The number of nitrogens with one attached hydrogen (secondary N) is 1. The molecule has 3 nitrogen and oxygen atoms in total. The van der Waals surface area contributed by atoms with E-state index in [1.807, 2.05) is 51.2 Å². The summed E-state index contributed by atoms with van der Waals surface area (Å²) in [5.41, 5.74) is 4.43. The molecule has 2 aromatic rings. The van der Waals surface area contributed by atoms with E-state index in [1.54, 1.807) is 0 Å². The summed E-state index contributed by atoms with van der Waals surface area (Å²) in [6.45, 7) is 5.64. The van der Waals surface area contributed by atoms with Crippen LogP contribution < -0.4 is 5.32 Å². The van der Waals surface area contributed by atoms with E-state index in [2.05, 4.69) is 28.4 Å². The van der Waals surface area contributed by atoms with Gasteiger partial charge in [-0.25, -0.2) is 0 Å². The highest BCUT2D eigenvalue weighted by Gasteiger charge is 2.07. The largest absolute Gasteiger partial charge is 0.326 e. The lowest BCUT2D eigenvalue weighted by molar-refractivity contribution is -0.116. The molecule has 1 amide bonds. The fourth-order valence-electron chi connectivity index (χ4n) is 2.35. The van der Waals surface area contributed by atoms with Crippen molar-refractivity contribution in [3.8, 4) is 0 Å². The van der Waals surface area contributed by atoms with Crippen LogP contribution >= 0.6 is 0 Å². The van der Waals surface area contributed by atoms with Gasteiger partial charge in [-0.3, -0.25) is 4.79 Å². The number of carbonyl (C=O) groups excluding carboxylic acids is 1. The van der Waals surface area contributed by atoms with Gasteiger partial charge in [-0.05, 0) is 43.7 Å². The lowest BCUT2D eigenvalue weighted by Crippen LogP contribution is -2.24. The van der Waals surface area contributed by atoms with Gasteiger partial charge in [0.15, 0.2) is 0 Å². The predicted molar refractivity (Wildman–Crippen MR) is 91.9 cm³/mol. The molecule has 0 unspecified atom stereocenters. The Kier molecular flexibility index (Phi) is 5.73. The van der Waals surface area contributed by atoms with Crippen LogP contribution in [0.1, 0.15) is 23.1 Å². The molecule has 0 spiro atoms. The summed E-state index contributed by atoms with van der Waals surface area (Å²) in [5.74, 6) is 0.0635. The predicted octanol–water partition coefficient (Wildman–Crippen LogP) is 3.76. The molecule has 2 rings (SSSR count). The Morgan fingerprint density at radius 2 is 1.82 bits per heavy atom. The maximum atomic E-state index is 12.1. The van der Waals surface area contributed by atoms with Crippen LogP contribution in [-0.2, 0) is 11.3 Å². The zero-order valence-corrected chi connectivity index (χ0v) is 13.6. The summed E-state index contributed by atoms with van der Waals surface area (Å²) in [6.07, 6.45) is 0.497. The van der Waals surface area contributed by atoms with Crippen LogP contribution in [0.4, 0.5) is 5.69 Å². The van der Waals surface area contributed by atoms with Gasteiger partial charge in [-0.15, -0.1) is 0 Å². The molecule has 0 saturated carbocycles. The van der Waals surface area contributed by atoms with Gasteiger partial charge >= 0.3 is 0 Å². The van der Waals surface area contributed by atoms with Crippen LogP contribution in [0.3, 0.4) is 0 Å². The lowest BCUT2D eigenvalue weighted by Gasteiger charge is -2.17. The average molecular weight is 296 g/mol. The van der Waals surface area contributed by atoms with Crippen molar-refractivity contribution in [2.24, 2.45) is 0 Å². The van der Waals surface area contributed by atoms with Crippen molar-refractivity contribution >= 4 is 11.6 Å². The van der Waals surface area contributed by atoms with Gasteiger partial charge in [-0.2, -0.15) is 0 Å². The molecule has 0 aliphatic carbocycles. The normalized spacial score (nSPS) is 10.7. The fraction of sp³-hybridized carbons (Fsp3) is 0.316. The second-order valence-electron chi connectivity index (χ2n) is 5.84. The molecule has 0 radical (unpaired) electrons. The second kappa shape index (κ2) is 7.76. The van der Waals surface area contributed by atoms with Gasteiger partial charge in [0.25, 0.3) is 0 Å².